The Morgan fingerprint density at radius 3 is 2.55 bits per heavy atom. The third kappa shape index (κ3) is 2.95. The number of rotatable bonds is 3. The van der Waals surface area contributed by atoms with Gasteiger partial charge in [-0.1, -0.05) is 30.3 Å². The summed E-state index contributed by atoms with van der Waals surface area (Å²) in [5.41, 5.74) is 1.27. The van der Waals surface area contributed by atoms with Crippen molar-refractivity contribution in [1.29, 1.82) is 0 Å². The molecule has 0 aliphatic rings. The van der Waals surface area contributed by atoms with E-state index in [1.165, 1.54) is 5.56 Å². The molecule has 0 amide bonds. The van der Waals surface area contributed by atoms with Crippen molar-refractivity contribution >= 4 is 12.6 Å². The molecule has 1 rings (SSSR count). The lowest BCUT2D eigenvalue weighted by atomic mass is 10.2. The second-order valence-electron chi connectivity index (χ2n) is 2.38. The van der Waals surface area contributed by atoms with Crippen molar-refractivity contribution < 1.29 is 4.74 Å². The van der Waals surface area contributed by atoms with E-state index in [0.717, 1.165) is 6.42 Å². The van der Waals surface area contributed by atoms with E-state index in [4.69, 9.17) is 4.74 Å². The quantitative estimate of drug-likeness (QED) is 0.537. The molecule has 0 saturated carbocycles. The number of ether oxygens (including phenoxy) is 1. The summed E-state index contributed by atoms with van der Waals surface area (Å²) in [4.78, 5) is 0. The van der Waals surface area contributed by atoms with E-state index >= 15 is 0 Å². The zero-order chi connectivity index (χ0) is 8.10. The SMILES string of the molecule is COC(S)Cc1ccccc1. The number of hydrogen-bond acceptors (Lipinski definition) is 2. The van der Waals surface area contributed by atoms with Crippen LogP contribution in [0, 0.1) is 0 Å². The highest BCUT2D eigenvalue weighted by Crippen LogP contribution is 2.07. The maximum atomic E-state index is 5.02. The summed E-state index contributed by atoms with van der Waals surface area (Å²) < 4.78 is 5.02. The van der Waals surface area contributed by atoms with E-state index in [1.54, 1.807) is 7.11 Å². The lowest BCUT2D eigenvalue weighted by Crippen LogP contribution is -2.04. The predicted octanol–water partition coefficient (Wildman–Crippen LogP) is 2.13. The van der Waals surface area contributed by atoms with Crippen LogP contribution in [-0.4, -0.2) is 12.5 Å². The van der Waals surface area contributed by atoms with Crippen LogP contribution in [-0.2, 0) is 11.2 Å². The average Bonchev–Trinajstić information content (AvgIpc) is 2.06. The highest BCUT2D eigenvalue weighted by atomic mass is 32.1. The summed E-state index contributed by atoms with van der Waals surface area (Å²) in [5, 5.41) is 0. The van der Waals surface area contributed by atoms with Gasteiger partial charge in [-0.15, -0.1) is 12.6 Å². The summed E-state index contributed by atoms with van der Waals surface area (Å²) in [5.74, 6) is 0. The third-order valence-electron chi connectivity index (χ3n) is 1.53. The molecule has 1 atom stereocenters. The molecule has 2 heteroatoms. The summed E-state index contributed by atoms with van der Waals surface area (Å²) in [6.45, 7) is 0. The van der Waals surface area contributed by atoms with Crippen LogP contribution in [0.3, 0.4) is 0 Å². The monoisotopic (exact) mass is 168 g/mol. The maximum Gasteiger partial charge on any atom is 0.104 e. The summed E-state index contributed by atoms with van der Waals surface area (Å²) in [6.07, 6.45) is 0.862. The Balaban J connectivity index is 2.51. The lowest BCUT2D eigenvalue weighted by molar-refractivity contribution is 0.175. The van der Waals surface area contributed by atoms with Gasteiger partial charge in [-0.25, -0.2) is 0 Å². The molecule has 1 unspecified atom stereocenters. The van der Waals surface area contributed by atoms with E-state index in [1.807, 2.05) is 18.2 Å². The Bertz CT molecular complexity index is 198. The first kappa shape index (κ1) is 8.62. The highest BCUT2D eigenvalue weighted by molar-refractivity contribution is 7.80. The van der Waals surface area contributed by atoms with Gasteiger partial charge in [0.15, 0.2) is 0 Å². The van der Waals surface area contributed by atoms with Gasteiger partial charge in [-0.05, 0) is 5.56 Å². The smallest absolute Gasteiger partial charge is 0.104 e. The molecule has 0 N–H and O–H groups in total. The van der Waals surface area contributed by atoms with Gasteiger partial charge in [0, 0.05) is 13.5 Å². The number of hydrogen-bond donors (Lipinski definition) is 1. The topological polar surface area (TPSA) is 9.23 Å². The number of benzene rings is 1. The predicted molar refractivity (Wildman–Crippen MR) is 49.9 cm³/mol. The molecule has 0 spiro atoms. The van der Waals surface area contributed by atoms with Crippen LogP contribution in [0.15, 0.2) is 30.3 Å². The van der Waals surface area contributed by atoms with Crippen molar-refractivity contribution in [3.8, 4) is 0 Å². The summed E-state index contributed by atoms with van der Waals surface area (Å²) in [6, 6.07) is 10.2. The molecular weight excluding hydrogens is 156 g/mol. The first-order chi connectivity index (χ1) is 5.33. The summed E-state index contributed by atoms with van der Waals surface area (Å²) in [7, 11) is 1.67. The highest BCUT2D eigenvalue weighted by Gasteiger charge is 2.00. The van der Waals surface area contributed by atoms with Crippen molar-refractivity contribution in [3.05, 3.63) is 35.9 Å². The molecule has 0 radical (unpaired) electrons. The Labute approximate surface area is 72.8 Å². The Kier molecular flexibility index (Phi) is 3.46. The molecule has 1 nitrogen and oxygen atoms in total. The van der Waals surface area contributed by atoms with E-state index in [2.05, 4.69) is 24.8 Å². The van der Waals surface area contributed by atoms with Crippen LogP contribution in [0.5, 0.6) is 0 Å². The maximum absolute atomic E-state index is 5.02. The van der Waals surface area contributed by atoms with Gasteiger partial charge in [0.2, 0.25) is 0 Å². The number of methoxy groups -OCH3 is 1. The van der Waals surface area contributed by atoms with Crippen LogP contribution >= 0.6 is 12.6 Å². The molecule has 1 aromatic carbocycles. The normalized spacial score (nSPS) is 12.9. The molecule has 0 bridgehead atoms. The molecular formula is C9H12OS. The van der Waals surface area contributed by atoms with E-state index in [-0.39, 0.29) is 5.44 Å². The molecule has 60 valence electrons. The van der Waals surface area contributed by atoms with Gasteiger partial charge in [0.25, 0.3) is 0 Å². The largest absolute Gasteiger partial charge is 0.371 e. The molecule has 0 heterocycles. The van der Waals surface area contributed by atoms with Gasteiger partial charge in [0.05, 0.1) is 0 Å². The van der Waals surface area contributed by atoms with Crippen LogP contribution in [0.4, 0.5) is 0 Å². The van der Waals surface area contributed by atoms with Gasteiger partial charge in [-0.2, -0.15) is 0 Å². The fraction of sp³-hybridized carbons (Fsp3) is 0.333. The van der Waals surface area contributed by atoms with Gasteiger partial charge in [-0.3, -0.25) is 0 Å². The molecule has 0 saturated heterocycles. The minimum atomic E-state index is 0.0115. The fourth-order valence-electron chi connectivity index (χ4n) is 0.899. The van der Waals surface area contributed by atoms with Gasteiger partial charge < -0.3 is 4.74 Å². The molecule has 0 aliphatic carbocycles. The number of thiol groups is 1. The Hall–Kier alpha value is -0.470. The van der Waals surface area contributed by atoms with Gasteiger partial charge >= 0.3 is 0 Å². The second-order valence-corrected chi connectivity index (χ2v) is 2.96. The zero-order valence-corrected chi connectivity index (χ0v) is 7.42. The first-order valence-electron chi connectivity index (χ1n) is 3.57. The van der Waals surface area contributed by atoms with E-state index in [9.17, 15) is 0 Å². The van der Waals surface area contributed by atoms with Crippen LogP contribution < -0.4 is 0 Å². The minimum absolute atomic E-state index is 0.0115. The van der Waals surface area contributed by atoms with Crippen LogP contribution in [0.2, 0.25) is 0 Å². The summed E-state index contributed by atoms with van der Waals surface area (Å²) >= 11 is 4.22. The van der Waals surface area contributed by atoms with E-state index < -0.39 is 0 Å². The third-order valence-corrected chi connectivity index (χ3v) is 1.92. The molecule has 1 aromatic rings. The van der Waals surface area contributed by atoms with E-state index in [0.29, 0.717) is 0 Å². The average molecular weight is 168 g/mol. The van der Waals surface area contributed by atoms with Crippen molar-refractivity contribution in [2.75, 3.05) is 7.11 Å². The molecule has 0 aromatic heterocycles. The Morgan fingerprint density at radius 1 is 1.36 bits per heavy atom. The second kappa shape index (κ2) is 4.42. The molecule has 11 heavy (non-hydrogen) atoms. The standard InChI is InChI=1S/C9H12OS/c1-10-9(11)7-8-5-3-2-4-6-8/h2-6,9,11H,7H2,1H3. The fourth-order valence-corrected chi connectivity index (χ4v) is 1.11. The van der Waals surface area contributed by atoms with Crippen molar-refractivity contribution in [1.82, 2.24) is 0 Å². The zero-order valence-electron chi connectivity index (χ0n) is 6.53. The van der Waals surface area contributed by atoms with Crippen LogP contribution in [0.1, 0.15) is 5.56 Å². The van der Waals surface area contributed by atoms with Crippen molar-refractivity contribution in [3.63, 3.8) is 0 Å². The van der Waals surface area contributed by atoms with Crippen molar-refractivity contribution in [2.24, 2.45) is 0 Å². The van der Waals surface area contributed by atoms with Crippen molar-refractivity contribution in [2.45, 2.75) is 11.9 Å². The minimum Gasteiger partial charge on any atom is -0.371 e. The molecule has 0 fully saturated rings. The molecule has 0 aliphatic heterocycles. The van der Waals surface area contributed by atoms with Gasteiger partial charge in [0.1, 0.15) is 5.44 Å². The Morgan fingerprint density at radius 2 is 2.00 bits per heavy atom. The lowest BCUT2D eigenvalue weighted by Gasteiger charge is -2.07. The first-order valence-corrected chi connectivity index (χ1v) is 4.09. The van der Waals surface area contributed by atoms with Crippen LogP contribution in [0.25, 0.3) is 0 Å².